The van der Waals surface area contributed by atoms with Crippen molar-refractivity contribution in [3.63, 3.8) is 0 Å². The Morgan fingerprint density at radius 1 is 1.13 bits per heavy atom. The molecule has 2 aliphatic heterocycles. The minimum Gasteiger partial charge on any atom is -0.473 e. The Balaban J connectivity index is 1.27. The number of benzene rings is 1. The molecule has 0 aliphatic carbocycles. The fourth-order valence-corrected chi connectivity index (χ4v) is 6.93. The highest BCUT2D eigenvalue weighted by Crippen LogP contribution is 2.38. The number of nitrogens with zero attached hydrogens (tertiary/aromatic N) is 7. The molecule has 0 N–H and O–H groups in total. The summed E-state index contributed by atoms with van der Waals surface area (Å²) in [4.78, 5) is 2.27. The van der Waals surface area contributed by atoms with E-state index in [1.807, 2.05) is 53.3 Å². The molecule has 11 nitrogen and oxygen atoms in total. The van der Waals surface area contributed by atoms with Crippen molar-refractivity contribution >= 4 is 46.7 Å². The summed E-state index contributed by atoms with van der Waals surface area (Å²) in [5.41, 5.74) is 5.38. The molecule has 0 spiro atoms. The van der Waals surface area contributed by atoms with Crippen LogP contribution in [0.4, 0.5) is 0 Å². The van der Waals surface area contributed by atoms with Crippen LogP contribution in [0.25, 0.3) is 28.1 Å². The fourth-order valence-electron chi connectivity index (χ4n) is 6.35. The maximum atomic E-state index is 6.31. The van der Waals surface area contributed by atoms with Crippen molar-refractivity contribution in [2.75, 3.05) is 20.2 Å². The predicted octanol–water partition coefficient (Wildman–Crippen LogP) is 6.33. The predicted molar refractivity (Wildman–Crippen MR) is 193 cm³/mol. The molecule has 252 valence electrons. The molecule has 6 rings (SSSR count). The zero-order chi connectivity index (χ0) is 33.7. The lowest BCUT2D eigenvalue weighted by Gasteiger charge is -2.32. The zero-order valence-electron chi connectivity index (χ0n) is 29.1. The summed E-state index contributed by atoms with van der Waals surface area (Å²) in [5, 5.41) is 15.3. The molecule has 2 atom stereocenters. The second-order valence-electron chi connectivity index (χ2n) is 13.9. The van der Waals surface area contributed by atoms with Crippen LogP contribution in [-0.2, 0) is 34.7 Å². The summed E-state index contributed by atoms with van der Waals surface area (Å²) < 4.78 is 31.9. The number of fused-ring (bicyclic) bond motifs is 1. The topological polar surface area (TPSA) is 93.6 Å². The van der Waals surface area contributed by atoms with Gasteiger partial charge in [-0.15, -0.1) is 0 Å². The van der Waals surface area contributed by atoms with Gasteiger partial charge in [-0.3, -0.25) is 9.58 Å². The Labute approximate surface area is 291 Å². The Morgan fingerprint density at radius 3 is 2.53 bits per heavy atom. The quantitative estimate of drug-likeness (QED) is 0.137. The van der Waals surface area contributed by atoms with Gasteiger partial charge in [-0.1, -0.05) is 12.0 Å². The highest BCUT2D eigenvalue weighted by molar-refractivity contribution is 14.1. The van der Waals surface area contributed by atoms with Crippen LogP contribution >= 0.6 is 22.6 Å². The van der Waals surface area contributed by atoms with E-state index in [0.29, 0.717) is 6.54 Å². The number of halogens is 1. The van der Waals surface area contributed by atoms with E-state index in [-0.39, 0.29) is 12.3 Å². The standard InChI is InChI=1S/C34H47BIN7O4/c1-22(45-32-31(36)23(2)38-42(32)9)20-40(7)21-29-26(19-37-41(29)8)24-13-14-28-25(18-24)27(39-43(28)30-12-10-11-17-44-30)15-16-35-46-33(3,4)34(5,6)47-35/h13-16,18-19,22,30H,10-12,17,20-21H2,1-9H3/b16-15+. The molecule has 2 saturated heterocycles. The van der Waals surface area contributed by atoms with E-state index in [9.17, 15) is 0 Å². The first-order valence-electron chi connectivity index (χ1n) is 16.5. The summed E-state index contributed by atoms with van der Waals surface area (Å²) in [7, 11) is 5.59. The van der Waals surface area contributed by atoms with Gasteiger partial charge >= 0.3 is 7.12 Å². The number of rotatable bonds is 10. The lowest BCUT2D eigenvalue weighted by Crippen LogP contribution is -2.41. The average Bonchev–Trinajstić information content (AvgIpc) is 3.69. The smallest absolute Gasteiger partial charge is 0.473 e. The number of likely N-dealkylation sites (N-methyl/N-ethyl adjacent to an activating group) is 1. The number of hydrogen-bond donors (Lipinski definition) is 0. The van der Waals surface area contributed by atoms with Crippen LogP contribution in [0.5, 0.6) is 5.88 Å². The van der Waals surface area contributed by atoms with E-state index in [0.717, 1.165) is 81.0 Å². The molecule has 0 amide bonds. The van der Waals surface area contributed by atoms with Gasteiger partial charge in [-0.25, -0.2) is 9.36 Å². The SMILES string of the molecule is Cc1nn(C)c(OC(C)CN(C)Cc2c(-c3ccc4c(c3)c(/C=C/B3OC(C)(C)C(C)(C)O3)nn4C3CCCCO3)cnn2C)c1I. The van der Waals surface area contributed by atoms with E-state index in [1.54, 1.807) is 0 Å². The number of aryl methyl sites for hydroxylation is 3. The first-order chi connectivity index (χ1) is 22.2. The molecule has 47 heavy (non-hydrogen) atoms. The van der Waals surface area contributed by atoms with Gasteiger partial charge in [-0.2, -0.15) is 15.3 Å². The van der Waals surface area contributed by atoms with Crippen molar-refractivity contribution in [1.82, 2.24) is 34.2 Å². The highest BCUT2D eigenvalue weighted by Gasteiger charge is 2.50. The monoisotopic (exact) mass is 755 g/mol. The average molecular weight is 756 g/mol. The van der Waals surface area contributed by atoms with Crippen molar-refractivity contribution in [1.29, 1.82) is 0 Å². The molecule has 2 unspecified atom stereocenters. The van der Waals surface area contributed by atoms with E-state index < -0.39 is 18.3 Å². The molecule has 0 radical (unpaired) electrons. The summed E-state index contributed by atoms with van der Waals surface area (Å²) in [5.74, 6) is 2.78. The number of ether oxygens (including phenoxy) is 2. The van der Waals surface area contributed by atoms with Crippen LogP contribution < -0.4 is 4.74 Å². The van der Waals surface area contributed by atoms with Crippen LogP contribution in [0, 0.1) is 10.5 Å². The molecule has 0 bridgehead atoms. The zero-order valence-corrected chi connectivity index (χ0v) is 31.2. The van der Waals surface area contributed by atoms with Crippen LogP contribution in [-0.4, -0.2) is 78.9 Å². The summed E-state index contributed by atoms with van der Waals surface area (Å²) in [6.45, 7) is 14.6. The largest absolute Gasteiger partial charge is 0.487 e. The third-order valence-corrected chi connectivity index (χ3v) is 10.9. The van der Waals surface area contributed by atoms with Gasteiger partial charge in [0.1, 0.15) is 6.10 Å². The van der Waals surface area contributed by atoms with Gasteiger partial charge in [0.05, 0.1) is 43.6 Å². The lowest BCUT2D eigenvalue weighted by molar-refractivity contribution is -0.0367. The second kappa shape index (κ2) is 13.3. The lowest BCUT2D eigenvalue weighted by atomic mass is 9.89. The van der Waals surface area contributed by atoms with Gasteiger partial charge < -0.3 is 18.8 Å². The van der Waals surface area contributed by atoms with Crippen molar-refractivity contribution in [3.05, 3.63) is 51.0 Å². The van der Waals surface area contributed by atoms with Gasteiger partial charge in [0.25, 0.3) is 0 Å². The summed E-state index contributed by atoms with van der Waals surface area (Å²) in [6, 6.07) is 6.56. The van der Waals surface area contributed by atoms with Crippen LogP contribution in [0.15, 0.2) is 30.4 Å². The molecule has 1 aromatic carbocycles. The molecule has 2 aliphatic rings. The van der Waals surface area contributed by atoms with Gasteiger partial charge in [0.15, 0.2) is 6.23 Å². The Hall–Kier alpha value is -2.72. The third-order valence-electron chi connectivity index (χ3n) is 9.62. The van der Waals surface area contributed by atoms with E-state index in [2.05, 4.69) is 97.6 Å². The van der Waals surface area contributed by atoms with Crippen molar-refractivity contribution in [2.45, 2.75) is 90.9 Å². The molecule has 3 aromatic heterocycles. The van der Waals surface area contributed by atoms with Gasteiger partial charge in [0, 0.05) is 44.7 Å². The Morgan fingerprint density at radius 2 is 1.87 bits per heavy atom. The second-order valence-corrected chi connectivity index (χ2v) is 15.0. The molecular weight excluding hydrogens is 708 g/mol. The first-order valence-corrected chi connectivity index (χ1v) is 17.5. The van der Waals surface area contributed by atoms with Crippen LogP contribution in [0.1, 0.15) is 77.2 Å². The molecule has 2 fully saturated rings. The van der Waals surface area contributed by atoms with Gasteiger partial charge in [0.2, 0.25) is 5.88 Å². The van der Waals surface area contributed by atoms with Crippen LogP contribution in [0.2, 0.25) is 0 Å². The molecule has 5 heterocycles. The van der Waals surface area contributed by atoms with E-state index in [4.69, 9.17) is 23.9 Å². The van der Waals surface area contributed by atoms with Crippen molar-refractivity contribution in [2.24, 2.45) is 14.1 Å². The summed E-state index contributed by atoms with van der Waals surface area (Å²) >= 11 is 2.30. The normalized spacial score (nSPS) is 20.2. The Bertz CT molecular complexity index is 1760. The van der Waals surface area contributed by atoms with Gasteiger partial charge in [-0.05, 0) is 114 Å². The highest BCUT2D eigenvalue weighted by atomic mass is 127. The minimum absolute atomic E-state index is 0.0255. The maximum Gasteiger partial charge on any atom is 0.487 e. The molecule has 0 saturated carbocycles. The minimum atomic E-state index is -0.452. The van der Waals surface area contributed by atoms with E-state index >= 15 is 0 Å². The Kier molecular flexibility index (Phi) is 9.67. The molecular formula is C34H47BIN7O4. The number of hydrogen-bond acceptors (Lipinski definition) is 8. The summed E-state index contributed by atoms with van der Waals surface area (Å²) in [6.07, 6.45) is 7.03. The third kappa shape index (κ3) is 6.92. The maximum absolute atomic E-state index is 6.31. The van der Waals surface area contributed by atoms with Crippen molar-refractivity contribution in [3.8, 4) is 17.0 Å². The first kappa shape index (κ1) is 34.2. The fraction of sp³-hybridized carbons (Fsp3) is 0.559. The molecule has 13 heteroatoms. The molecule has 4 aromatic rings. The van der Waals surface area contributed by atoms with Crippen molar-refractivity contribution < 1.29 is 18.8 Å². The van der Waals surface area contributed by atoms with E-state index in [1.165, 1.54) is 0 Å². The number of aromatic nitrogens is 6. The van der Waals surface area contributed by atoms with Crippen LogP contribution in [0.3, 0.4) is 0 Å².